The Morgan fingerprint density at radius 3 is 2.33 bits per heavy atom. The molecule has 1 fully saturated rings. The lowest BCUT2D eigenvalue weighted by Crippen LogP contribution is -2.40. The highest BCUT2D eigenvalue weighted by Gasteiger charge is 2.26. The van der Waals surface area contributed by atoms with Crippen molar-refractivity contribution in [2.75, 3.05) is 31.6 Å². The van der Waals surface area contributed by atoms with Crippen molar-refractivity contribution >= 4 is 21.6 Å². The number of aryl methyl sites for hydroxylation is 2. The molecule has 9 heteroatoms. The van der Waals surface area contributed by atoms with Crippen LogP contribution in [-0.2, 0) is 21.4 Å². The van der Waals surface area contributed by atoms with E-state index in [1.165, 1.54) is 16.4 Å². The number of para-hydroxylation sites is 1. The molecule has 0 bridgehead atoms. The van der Waals surface area contributed by atoms with Gasteiger partial charge in [-0.25, -0.2) is 8.42 Å². The lowest BCUT2D eigenvalue weighted by molar-refractivity contribution is 0.0730. The van der Waals surface area contributed by atoms with Crippen LogP contribution in [0.1, 0.15) is 27.4 Å². The van der Waals surface area contributed by atoms with Gasteiger partial charge < -0.3 is 19.2 Å². The second-order valence-electron chi connectivity index (χ2n) is 7.77. The molecule has 0 radical (unpaired) electrons. The molecule has 1 amide bonds. The maximum Gasteiger partial charge on any atom is 0.291 e. The van der Waals surface area contributed by atoms with Gasteiger partial charge >= 0.3 is 0 Å². The number of ether oxygens (including phenoxy) is 2. The summed E-state index contributed by atoms with van der Waals surface area (Å²) in [4.78, 5) is 12.7. The molecule has 1 aromatic heterocycles. The van der Waals surface area contributed by atoms with Crippen molar-refractivity contribution < 1.29 is 27.1 Å². The fourth-order valence-corrected chi connectivity index (χ4v) is 4.99. The van der Waals surface area contributed by atoms with Crippen LogP contribution in [-0.4, -0.2) is 44.9 Å². The summed E-state index contributed by atoms with van der Waals surface area (Å²) in [6.45, 7) is 5.57. The van der Waals surface area contributed by atoms with Crippen LogP contribution in [0.25, 0.3) is 0 Å². The van der Waals surface area contributed by atoms with E-state index in [0.717, 1.165) is 16.9 Å². The zero-order valence-electron chi connectivity index (χ0n) is 18.5. The van der Waals surface area contributed by atoms with Crippen molar-refractivity contribution in [1.82, 2.24) is 4.31 Å². The number of rotatable bonds is 7. The molecule has 8 nitrogen and oxygen atoms in total. The Hall–Kier alpha value is -3.14. The molecule has 174 valence electrons. The normalized spacial score (nSPS) is 14.7. The standard InChI is InChI=1S/C24H26N2O6S/c1-17-4-3-5-18(2)23(17)31-16-20-8-11-22(32-20)24(27)25-19-6-9-21(10-7-19)33(28,29)26-12-14-30-15-13-26/h3-11H,12-16H2,1-2H3,(H,25,27). The van der Waals surface area contributed by atoms with Crippen molar-refractivity contribution in [3.63, 3.8) is 0 Å². The number of nitrogens with zero attached hydrogens (tertiary/aromatic N) is 1. The predicted molar refractivity (Wildman–Crippen MR) is 123 cm³/mol. The number of benzene rings is 2. The number of amides is 1. The quantitative estimate of drug-likeness (QED) is 0.565. The van der Waals surface area contributed by atoms with Gasteiger partial charge in [-0.1, -0.05) is 18.2 Å². The van der Waals surface area contributed by atoms with Crippen molar-refractivity contribution in [2.45, 2.75) is 25.3 Å². The van der Waals surface area contributed by atoms with E-state index in [2.05, 4.69) is 5.32 Å². The Bertz CT molecular complexity index is 1210. The van der Waals surface area contributed by atoms with E-state index in [1.807, 2.05) is 32.0 Å². The van der Waals surface area contributed by atoms with Crippen LogP contribution < -0.4 is 10.1 Å². The highest BCUT2D eigenvalue weighted by molar-refractivity contribution is 7.89. The summed E-state index contributed by atoms with van der Waals surface area (Å²) in [6, 6.07) is 15.3. The van der Waals surface area contributed by atoms with Gasteiger partial charge in [-0.3, -0.25) is 4.79 Å². The summed E-state index contributed by atoms with van der Waals surface area (Å²) >= 11 is 0. The fourth-order valence-electron chi connectivity index (χ4n) is 3.59. The molecular formula is C24H26N2O6S. The van der Waals surface area contributed by atoms with E-state index >= 15 is 0 Å². The maximum atomic E-state index is 12.7. The lowest BCUT2D eigenvalue weighted by Gasteiger charge is -2.26. The van der Waals surface area contributed by atoms with Gasteiger partial charge in [0.2, 0.25) is 10.0 Å². The van der Waals surface area contributed by atoms with E-state index in [4.69, 9.17) is 13.9 Å². The number of nitrogens with one attached hydrogen (secondary N) is 1. The largest absolute Gasteiger partial charge is 0.485 e. The molecule has 0 saturated carbocycles. The predicted octanol–water partition coefficient (Wildman–Crippen LogP) is 3.75. The molecule has 0 aliphatic carbocycles. The number of hydrogen-bond acceptors (Lipinski definition) is 6. The summed E-state index contributed by atoms with van der Waals surface area (Å²) in [5, 5.41) is 2.72. The lowest BCUT2D eigenvalue weighted by atomic mass is 10.1. The van der Waals surface area contributed by atoms with Crippen LogP contribution >= 0.6 is 0 Å². The summed E-state index contributed by atoms with van der Waals surface area (Å²) in [5.74, 6) is 1.03. The summed E-state index contributed by atoms with van der Waals surface area (Å²) < 4.78 is 43.5. The van der Waals surface area contributed by atoms with Crippen molar-refractivity contribution in [1.29, 1.82) is 0 Å². The molecule has 1 N–H and O–H groups in total. The molecule has 2 heterocycles. The van der Waals surface area contributed by atoms with E-state index in [1.54, 1.807) is 24.3 Å². The smallest absolute Gasteiger partial charge is 0.291 e. The number of morpholine rings is 1. The zero-order valence-corrected chi connectivity index (χ0v) is 19.4. The van der Waals surface area contributed by atoms with Crippen LogP contribution in [0.5, 0.6) is 5.75 Å². The van der Waals surface area contributed by atoms with Gasteiger partial charge in [0, 0.05) is 18.8 Å². The third-order valence-electron chi connectivity index (χ3n) is 5.37. The fraction of sp³-hybridized carbons (Fsp3) is 0.292. The van der Waals surface area contributed by atoms with Crippen LogP contribution in [0.15, 0.2) is 63.9 Å². The third kappa shape index (κ3) is 5.27. The number of hydrogen-bond donors (Lipinski definition) is 1. The molecule has 0 atom stereocenters. The number of sulfonamides is 1. The first-order valence-electron chi connectivity index (χ1n) is 10.6. The van der Waals surface area contributed by atoms with Gasteiger partial charge in [-0.05, 0) is 61.4 Å². The minimum atomic E-state index is -3.58. The van der Waals surface area contributed by atoms with Gasteiger partial charge in [0.25, 0.3) is 5.91 Å². The average Bonchev–Trinajstić information content (AvgIpc) is 3.29. The van der Waals surface area contributed by atoms with Crippen LogP contribution in [0.2, 0.25) is 0 Å². The van der Waals surface area contributed by atoms with Gasteiger partial charge in [0.05, 0.1) is 18.1 Å². The minimum Gasteiger partial charge on any atom is -0.485 e. The van der Waals surface area contributed by atoms with E-state index in [9.17, 15) is 13.2 Å². The Balaban J connectivity index is 1.37. The first-order valence-corrected chi connectivity index (χ1v) is 12.1. The second kappa shape index (κ2) is 9.78. The molecule has 0 unspecified atom stereocenters. The molecule has 3 aromatic rings. The van der Waals surface area contributed by atoms with Crippen molar-refractivity contribution in [3.8, 4) is 5.75 Å². The molecule has 2 aromatic carbocycles. The van der Waals surface area contributed by atoms with Crippen molar-refractivity contribution in [3.05, 3.63) is 77.2 Å². The van der Waals surface area contributed by atoms with Crippen molar-refractivity contribution in [2.24, 2.45) is 0 Å². The van der Waals surface area contributed by atoms with Gasteiger partial charge in [-0.15, -0.1) is 0 Å². The average molecular weight is 471 g/mol. The first-order chi connectivity index (χ1) is 15.8. The van der Waals surface area contributed by atoms with E-state index < -0.39 is 15.9 Å². The number of carbonyl (C=O) groups excluding carboxylic acids is 1. The Kier molecular flexibility index (Phi) is 6.83. The topological polar surface area (TPSA) is 98.1 Å². The summed E-state index contributed by atoms with van der Waals surface area (Å²) in [7, 11) is -3.58. The number of furan rings is 1. The minimum absolute atomic E-state index is 0.139. The molecule has 1 aliphatic heterocycles. The highest BCUT2D eigenvalue weighted by atomic mass is 32.2. The molecule has 1 aliphatic rings. The number of anilines is 1. The highest BCUT2D eigenvalue weighted by Crippen LogP contribution is 2.24. The molecule has 4 rings (SSSR count). The summed E-state index contributed by atoms with van der Waals surface area (Å²) in [6.07, 6.45) is 0. The monoisotopic (exact) mass is 470 g/mol. The molecular weight excluding hydrogens is 444 g/mol. The van der Waals surface area contributed by atoms with Crippen LogP contribution in [0.4, 0.5) is 5.69 Å². The van der Waals surface area contributed by atoms with Gasteiger partial charge in [-0.2, -0.15) is 4.31 Å². The first kappa shape index (κ1) is 23.0. The van der Waals surface area contributed by atoms with Crippen LogP contribution in [0.3, 0.4) is 0 Å². The summed E-state index contributed by atoms with van der Waals surface area (Å²) in [5.41, 5.74) is 2.52. The SMILES string of the molecule is Cc1cccc(C)c1OCc1ccc(C(=O)Nc2ccc(S(=O)(=O)N3CCOCC3)cc2)o1. The molecule has 1 saturated heterocycles. The van der Waals surface area contributed by atoms with E-state index in [-0.39, 0.29) is 17.3 Å². The number of carbonyl (C=O) groups is 1. The Labute approximate surface area is 193 Å². The molecule has 33 heavy (non-hydrogen) atoms. The molecule has 0 spiro atoms. The zero-order chi connectivity index (χ0) is 23.4. The van der Waals surface area contributed by atoms with E-state index in [0.29, 0.717) is 37.8 Å². The maximum absolute atomic E-state index is 12.7. The second-order valence-corrected chi connectivity index (χ2v) is 9.71. The third-order valence-corrected chi connectivity index (χ3v) is 7.29. The Morgan fingerprint density at radius 1 is 1.00 bits per heavy atom. The van der Waals surface area contributed by atoms with Gasteiger partial charge in [0.1, 0.15) is 18.1 Å². The Morgan fingerprint density at radius 2 is 1.67 bits per heavy atom. The van der Waals surface area contributed by atoms with Gasteiger partial charge in [0.15, 0.2) is 5.76 Å². The van der Waals surface area contributed by atoms with Crippen LogP contribution in [0, 0.1) is 13.8 Å².